The first-order valence-electron chi connectivity index (χ1n) is 9.39. The van der Waals surface area contributed by atoms with Crippen molar-refractivity contribution in [3.63, 3.8) is 0 Å². The van der Waals surface area contributed by atoms with Gasteiger partial charge in [-0.2, -0.15) is 0 Å². The summed E-state index contributed by atoms with van der Waals surface area (Å²) in [6.07, 6.45) is 0.495. The van der Waals surface area contributed by atoms with E-state index in [9.17, 15) is 4.79 Å². The van der Waals surface area contributed by atoms with Gasteiger partial charge in [0.2, 0.25) is 5.91 Å². The molecule has 4 rings (SSSR count). The monoisotopic (exact) mass is 366 g/mol. The van der Waals surface area contributed by atoms with Crippen LogP contribution in [0.25, 0.3) is 21.9 Å². The molecule has 4 aromatic carbocycles. The molecule has 0 aliphatic rings. The number of carbonyl (C=O) groups is 1. The molecule has 0 radical (unpaired) electrons. The molecule has 138 valence electrons. The van der Waals surface area contributed by atoms with Crippen molar-refractivity contribution in [2.24, 2.45) is 5.73 Å². The second kappa shape index (κ2) is 8.07. The molecule has 0 unspecified atom stereocenters. The number of nitrogens with one attached hydrogen (secondary N) is 1. The summed E-state index contributed by atoms with van der Waals surface area (Å²) < 4.78 is 0. The quantitative estimate of drug-likeness (QED) is 0.521. The maximum atomic E-state index is 12.5. The molecule has 0 aliphatic carbocycles. The fraction of sp³-hybridized carbons (Fsp3) is 0.0800. The van der Waals surface area contributed by atoms with Gasteiger partial charge in [0.05, 0.1) is 6.04 Å². The molecule has 0 aromatic heterocycles. The van der Waals surface area contributed by atoms with Crippen LogP contribution >= 0.6 is 0 Å². The summed E-state index contributed by atoms with van der Waals surface area (Å²) in [4.78, 5) is 12.5. The highest BCUT2D eigenvalue weighted by Crippen LogP contribution is 2.21. The molecule has 1 atom stereocenters. The highest BCUT2D eigenvalue weighted by atomic mass is 16.2. The Bertz CT molecular complexity index is 1090. The van der Waals surface area contributed by atoms with Gasteiger partial charge in [-0.15, -0.1) is 0 Å². The molecule has 0 aliphatic heterocycles. The number of hydrogen-bond donors (Lipinski definition) is 2. The Kier molecular flexibility index (Phi) is 5.18. The first-order valence-corrected chi connectivity index (χ1v) is 9.39. The van der Waals surface area contributed by atoms with E-state index < -0.39 is 6.04 Å². The lowest BCUT2D eigenvalue weighted by atomic mass is 10.0. The number of hydrogen-bond acceptors (Lipinski definition) is 2. The molecule has 4 aromatic rings. The third-order valence-corrected chi connectivity index (χ3v) is 4.87. The molecule has 3 nitrogen and oxygen atoms in total. The maximum Gasteiger partial charge on any atom is 0.241 e. The molecule has 0 fully saturated rings. The van der Waals surface area contributed by atoms with Crippen LogP contribution in [0.15, 0.2) is 97.1 Å². The number of anilines is 1. The van der Waals surface area contributed by atoms with E-state index in [0.717, 1.165) is 27.6 Å². The van der Waals surface area contributed by atoms with Crippen LogP contribution in [0.2, 0.25) is 0 Å². The van der Waals surface area contributed by atoms with E-state index in [4.69, 9.17) is 5.73 Å². The van der Waals surface area contributed by atoms with Gasteiger partial charge in [-0.1, -0.05) is 84.9 Å². The Labute approximate surface area is 164 Å². The largest absolute Gasteiger partial charge is 0.325 e. The molecule has 3 heteroatoms. The summed E-state index contributed by atoms with van der Waals surface area (Å²) >= 11 is 0. The molecule has 0 spiro atoms. The minimum atomic E-state index is -0.603. The van der Waals surface area contributed by atoms with Gasteiger partial charge >= 0.3 is 0 Å². The van der Waals surface area contributed by atoms with Gasteiger partial charge in [0.1, 0.15) is 0 Å². The van der Waals surface area contributed by atoms with Crippen molar-refractivity contribution in [1.29, 1.82) is 0 Å². The van der Waals surface area contributed by atoms with Gasteiger partial charge in [0, 0.05) is 5.69 Å². The Hall–Kier alpha value is -3.43. The summed E-state index contributed by atoms with van der Waals surface area (Å²) in [6, 6.07) is 31.7. The molecular formula is C25H22N2O. The normalized spacial score (nSPS) is 11.9. The lowest BCUT2D eigenvalue weighted by Crippen LogP contribution is -2.37. The summed E-state index contributed by atoms with van der Waals surface area (Å²) in [5.74, 6) is -0.178. The van der Waals surface area contributed by atoms with Gasteiger partial charge in [-0.05, 0) is 46.0 Å². The molecule has 0 heterocycles. The standard InChI is InChI=1S/C25H22N2O/c26-24(16-18-10-12-21(13-11-18)19-6-2-1-3-7-19)25(28)27-23-15-14-20-8-4-5-9-22(20)17-23/h1-15,17,24H,16,26H2,(H,27,28)/t24-/m0/s1. The van der Waals surface area contributed by atoms with Crippen LogP contribution < -0.4 is 11.1 Å². The van der Waals surface area contributed by atoms with Crippen LogP contribution in [-0.4, -0.2) is 11.9 Å². The van der Waals surface area contributed by atoms with Crippen LogP contribution in [-0.2, 0) is 11.2 Å². The van der Waals surface area contributed by atoms with Crippen molar-refractivity contribution in [3.8, 4) is 11.1 Å². The van der Waals surface area contributed by atoms with E-state index in [-0.39, 0.29) is 5.91 Å². The molecular weight excluding hydrogens is 344 g/mol. The number of carbonyl (C=O) groups excluding carboxylic acids is 1. The first-order chi connectivity index (χ1) is 13.7. The van der Waals surface area contributed by atoms with E-state index in [1.807, 2.05) is 72.8 Å². The van der Waals surface area contributed by atoms with Gasteiger partial charge in [-0.25, -0.2) is 0 Å². The Balaban J connectivity index is 1.41. The number of amides is 1. The predicted octanol–water partition coefficient (Wildman–Crippen LogP) is 5.02. The summed E-state index contributed by atoms with van der Waals surface area (Å²) in [6.45, 7) is 0. The second-order valence-corrected chi connectivity index (χ2v) is 6.92. The number of rotatable bonds is 5. The average molecular weight is 366 g/mol. The van der Waals surface area contributed by atoms with Crippen molar-refractivity contribution in [1.82, 2.24) is 0 Å². The van der Waals surface area contributed by atoms with Crippen LogP contribution in [0.3, 0.4) is 0 Å². The molecule has 0 saturated heterocycles. The van der Waals surface area contributed by atoms with E-state index in [1.54, 1.807) is 0 Å². The smallest absolute Gasteiger partial charge is 0.241 e. The van der Waals surface area contributed by atoms with Crippen molar-refractivity contribution in [3.05, 3.63) is 103 Å². The second-order valence-electron chi connectivity index (χ2n) is 6.92. The predicted molar refractivity (Wildman–Crippen MR) is 116 cm³/mol. The van der Waals surface area contributed by atoms with Crippen molar-refractivity contribution in [2.45, 2.75) is 12.5 Å². The number of fused-ring (bicyclic) bond motifs is 1. The van der Waals surface area contributed by atoms with Gasteiger partial charge in [0.25, 0.3) is 0 Å². The van der Waals surface area contributed by atoms with Crippen LogP contribution in [0.4, 0.5) is 5.69 Å². The number of benzene rings is 4. The van der Waals surface area contributed by atoms with Crippen molar-refractivity contribution < 1.29 is 4.79 Å². The minimum absolute atomic E-state index is 0.178. The van der Waals surface area contributed by atoms with Gasteiger partial charge in [-0.3, -0.25) is 4.79 Å². The zero-order chi connectivity index (χ0) is 19.3. The average Bonchev–Trinajstić information content (AvgIpc) is 2.75. The summed E-state index contributed by atoms with van der Waals surface area (Å²) in [7, 11) is 0. The SMILES string of the molecule is N[C@@H](Cc1ccc(-c2ccccc2)cc1)C(=O)Nc1ccc2ccccc2c1. The Morgan fingerprint density at radius 1 is 0.750 bits per heavy atom. The zero-order valence-corrected chi connectivity index (χ0v) is 15.5. The first kappa shape index (κ1) is 18.0. The van der Waals surface area contributed by atoms with Gasteiger partial charge in [0.15, 0.2) is 0 Å². The molecule has 3 N–H and O–H groups in total. The van der Waals surface area contributed by atoms with E-state index in [2.05, 4.69) is 29.6 Å². The highest BCUT2D eigenvalue weighted by Gasteiger charge is 2.14. The molecule has 0 saturated carbocycles. The minimum Gasteiger partial charge on any atom is -0.325 e. The number of nitrogens with two attached hydrogens (primary N) is 1. The van der Waals surface area contributed by atoms with Crippen LogP contribution in [0, 0.1) is 0 Å². The fourth-order valence-corrected chi connectivity index (χ4v) is 3.31. The molecule has 1 amide bonds. The molecule has 0 bridgehead atoms. The third-order valence-electron chi connectivity index (χ3n) is 4.87. The van der Waals surface area contributed by atoms with E-state index >= 15 is 0 Å². The third kappa shape index (κ3) is 4.11. The summed E-state index contributed by atoms with van der Waals surface area (Å²) in [5.41, 5.74) is 10.3. The van der Waals surface area contributed by atoms with Crippen LogP contribution in [0.1, 0.15) is 5.56 Å². The van der Waals surface area contributed by atoms with Crippen LogP contribution in [0.5, 0.6) is 0 Å². The lowest BCUT2D eigenvalue weighted by molar-refractivity contribution is -0.117. The Morgan fingerprint density at radius 3 is 2.14 bits per heavy atom. The van der Waals surface area contributed by atoms with E-state index in [0.29, 0.717) is 6.42 Å². The van der Waals surface area contributed by atoms with E-state index in [1.165, 1.54) is 5.56 Å². The van der Waals surface area contributed by atoms with Crippen molar-refractivity contribution >= 4 is 22.4 Å². The maximum absolute atomic E-state index is 12.5. The zero-order valence-electron chi connectivity index (χ0n) is 15.5. The Morgan fingerprint density at radius 2 is 1.39 bits per heavy atom. The lowest BCUT2D eigenvalue weighted by Gasteiger charge is -2.13. The fourth-order valence-electron chi connectivity index (χ4n) is 3.31. The van der Waals surface area contributed by atoms with Gasteiger partial charge < -0.3 is 11.1 Å². The topological polar surface area (TPSA) is 55.1 Å². The summed E-state index contributed by atoms with van der Waals surface area (Å²) in [5, 5.41) is 5.16. The van der Waals surface area contributed by atoms with Crippen molar-refractivity contribution in [2.75, 3.05) is 5.32 Å². The highest BCUT2D eigenvalue weighted by molar-refractivity contribution is 5.97. The molecule has 28 heavy (non-hydrogen) atoms.